The van der Waals surface area contributed by atoms with E-state index in [0.29, 0.717) is 28.3 Å². The van der Waals surface area contributed by atoms with Crippen molar-refractivity contribution in [1.29, 1.82) is 0 Å². The lowest BCUT2D eigenvalue weighted by Gasteiger charge is -2.48. The van der Waals surface area contributed by atoms with Crippen molar-refractivity contribution in [3.8, 4) is 5.75 Å². The van der Waals surface area contributed by atoms with Crippen molar-refractivity contribution >= 4 is 40.4 Å². The SMILES string of the molecule is CNc1ncnc2c1ccn2C(=O)Nc1ccc(OCCNC(=O)C2OC(OC3C(O)C(CO)OC(OC(C)(C)C)C3NC(C)=O)C(O)C(O)C2O)cc1. The van der Waals surface area contributed by atoms with Crippen molar-refractivity contribution in [1.82, 2.24) is 25.2 Å². The number of carbonyl (C=O) groups excluding carboxylic acids is 3. The van der Waals surface area contributed by atoms with E-state index in [9.17, 15) is 39.9 Å². The molecule has 4 heterocycles. The van der Waals surface area contributed by atoms with Crippen LogP contribution < -0.4 is 26.0 Å². The van der Waals surface area contributed by atoms with E-state index in [-0.39, 0.29) is 13.2 Å². The third kappa shape index (κ3) is 9.40. The van der Waals surface area contributed by atoms with Crippen LogP contribution in [-0.4, -0.2) is 152 Å². The van der Waals surface area contributed by atoms with Crippen molar-refractivity contribution in [3.63, 3.8) is 0 Å². The number of aliphatic hydroxyl groups is 5. The van der Waals surface area contributed by atoms with Gasteiger partial charge >= 0.3 is 6.03 Å². The molecule has 1 aromatic carbocycles. The summed E-state index contributed by atoms with van der Waals surface area (Å²) >= 11 is 0. The first-order valence-electron chi connectivity index (χ1n) is 17.2. The molecule has 10 unspecified atom stereocenters. The van der Waals surface area contributed by atoms with E-state index >= 15 is 0 Å². The van der Waals surface area contributed by atoms with E-state index in [2.05, 4.69) is 31.2 Å². The number of rotatable bonds is 12. The first-order valence-corrected chi connectivity index (χ1v) is 17.2. The number of carbonyl (C=O) groups is 3. The summed E-state index contributed by atoms with van der Waals surface area (Å²) in [6.45, 7) is 5.61. The van der Waals surface area contributed by atoms with Gasteiger partial charge in [0.15, 0.2) is 24.3 Å². The predicted molar refractivity (Wildman–Crippen MR) is 188 cm³/mol. The molecule has 296 valence electrons. The van der Waals surface area contributed by atoms with E-state index in [0.717, 1.165) is 0 Å². The molecule has 2 aliphatic rings. The van der Waals surface area contributed by atoms with Crippen LogP contribution in [0, 0.1) is 0 Å². The largest absolute Gasteiger partial charge is 0.492 e. The van der Waals surface area contributed by atoms with Crippen molar-refractivity contribution in [2.24, 2.45) is 0 Å². The molecule has 20 nitrogen and oxygen atoms in total. The van der Waals surface area contributed by atoms with E-state index in [4.69, 9.17) is 23.7 Å². The number of hydrogen-bond donors (Lipinski definition) is 9. The first-order chi connectivity index (χ1) is 25.6. The minimum atomic E-state index is -1.92. The molecule has 5 rings (SSSR count). The summed E-state index contributed by atoms with van der Waals surface area (Å²) in [6, 6.07) is 6.55. The van der Waals surface area contributed by atoms with Crippen molar-refractivity contribution < 1.29 is 63.6 Å². The van der Waals surface area contributed by atoms with Gasteiger partial charge in [0.1, 0.15) is 67.2 Å². The van der Waals surface area contributed by atoms with Gasteiger partial charge in [-0.3, -0.25) is 14.2 Å². The van der Waals surface area contributed by atoms with Gasteiger partial charge < -0.3 is 70.5 Å². The maximum absolute atomic E-state index is 13.1. The number of aliphatic hydroxyl groups excluding tert-OH is 5. The lowest BCUT2D eigenvalue weighted by Crippen LogP contribution is -2.69. The van der Waals surface area contributed by atoms with Crippen molar-refractivity contribution in [2.45, 2.75) is 94.6 Å². The van der Waals surface area contributed by atoms with Gasteiger partial charge in [-0.2, -0.15) is 0 Å². The molecule has 20 heteroatoms. The zero-order valence-electron chi connectivity index (χ0n) is 30.3. The lowest BCUT2D eigenvalue weighted by molar-refractivity contribution is -0.345. The Kier molecular flexibility index (Phi) is 13.0. The lowest BCUT2D eigenvalue weighted by atomic mass is 9.95. The Morgan fingerprint density at radius 2 is 1.67 bits per heavy atom. The average molecular weight is 762 g/mol. The number of nitrogens with one attached hydrogen (secondary N) is 4. The summed E-state index contributed by atoms with van der Waals surface area (Å²) < 4.78 is 30.2. The van der Waals surface area contributed by atoms with Gasteiger partial charge in [-0.1, -0.05) is 0 Å². The molecular weight excluding hydrogens is 714 g/mol. The second-order valence-corrected chi connectivity index (χ2v) is 13.7. The van der Waals surface area contributed by atoms with Crippen molar-refractivity contribution in [2.75, 3.05) is 37.4 Å². The highest BCUT2D eigenvalue weighted by molar-refractivity contribution is 5.99. The normalized spacial score (nSPS) is 28.6. The fourth-order valence-corrected chi connectivity index (χ4v) is 5.98. The van der Waals surface area contributed by atoms with Crippen LogP contribution in [0.15, 0.2) is 42.9 Å². The zero-order valence-corrected chi connectivity index (χ0v) is 30.3. The quantitative estimate of drug-likeness (QED) is 0.0964. The molecule has 0 saturated carbocycles. The number of benzene rings is 1. The van der Waals surface area contributed by atoms with Crippen LogP contribution in [0.1, 0.15) is 27.7 Å². The van der Waals surface area contributed by atoms with Crippen LogP contribution in [0.2, 0.25) is 0 Å². The minimum absolute atomic E-state index is 0.0292. The Hall–Kier alpha value is -4.51. The number of nitrogens with zero attached hydrogens (tertiary/aromatic N) is 3. The Balaban J connectivity index is 1.16. The standard InChI is InChI=1S/C34H47N7O13/c1-16(43)39-21-26(22(44)20(14-42)51-31(21)54-34(2,3)4)52-32-25(47)23(45)24(46)27(53-32)30(48)36-11-13-50-18-8-6-17(7-9-18)40-33(49)41-12-10-19-28(35-5)37-15-38-29(19)41/h6-10,12,15,20-27,31-32,42,44-47H,11,13-14H2,1-5H3,(H,36,48)(H,39,43)(H,40,49)(H,35,37,38). The molecular formula is C34H47N7O13. The van der Waals surface area contributed by atoms with E-state index in [1.165, 1.54) is 17.8 Å². The van der Waals surface area contributed by atoms with Gasteiger partial charge in [0.2, 0.25) is 5.91 Å². The maximum Gasteiger partial charge on any atom is 0.331 e. The van der Waals surface area contributed by atoms with Gasteiger partial charge in [-0.05, 0) is 51.1 Å². The number of aromatic nitrogens is 3. The summed E-state index contributed by atoms with van der Waals surface area (Å²) in [4.78, 5) is 46.5. The van der Waals surface area contributed by atoms with Crippen LogP contribution in [0.4, 0.5) is 16.3 Å². The number of amides is 3. The molecule has 54 heavy (non-hydrogen) atoms. The summed E-state index contributed by atoms with van der Waals surface area (Å²) in [5, 5.41) is 64.5. The Bertz CT molecular complexity index is 1750. The topological polar surface area (TPSA) is 277 Å². The number of ether oxygens (including phenoxy) is 5. The Morgan fingerprint density at radius 3 is 2.31 bits per heavy atom. The number of fused-ring (bicyclic) bond motifs is 1. The summed E-state index contributed by atoms with van der Waals surface area (Å²) in [6.07, 6.45) is -11.8. The second-order valence-electron chi connectivity index (χ2n) is 13.7. The van der Waals surface area contributed by atoms with Crippen LogP contribution in [0.3, 0.4) is 0 Å². The molecule has 0 spiro atoms. The summed E-state index contributed by atoms with van der Waals surface area (Å²) in [7, 11) is 1.72. The fourth-order valence-electron chi connectivity index (χ4n) is 5.98. The third-order valence-electron chi connectivity index (χ3n) is 8.52. The highest BCUT2D eigenvalue weighted by atomic mass is 16.7. The Morgan fingerprint density at radius 1 is 0.944 bits per heavy atom. The molecule has 2 aromatic heterocycles. The second kappa shape index (κ2) is 17.3. The zero-order chi connectivity index (χ0) is 39.3. The number of anilines is 2. The molecule has 2 saturated heterocycles. The highest BCUT2D eigenvalue weighted by Crippen LogP contribution is 2.31. The maximum atomic E-state index is 13.1. The smallest absolute Gasteiger partial charge is 0.331 e. The van der Waals surface area contributed by atoms with Gasteiger partial charge in [0, 0.05) is 25.9 Å². The molecule has 0 bridgehead atoms. The monoisotopic (exact) mass is 761 g/mol. The van der Waals surface area contributed by atoms with E-state index in [1.54, 1.807) is 64.3 Å². The summed E-state index contributed by atoms with van der Waals surface area (Å²) in [5.74, 6) is -0.414. The van der Waals surface area contributed by atoms with Crippen LogP contribution in [-0.2, 0) is 28.5 Å². The van der Waals surface area contributed by atoms with Gasteiger partial charge in [0.25, 0.3) is 5.91 Å². The predicted octanol–water partition coefficient (Wildman–Crippen LogP) is -1.36. The third-order valence-corrected chi connectivity index (χ3v) is 8.52. The first kappa shape index (κ1) is 40.7. The minimum Gasteiger partial charge on any atom is -0.492 e. The van der Waals surface area contributed by atoms with Crippen molar-refractivity contribution in [3.05, 3.63) is 42.9 Å². The van der Waals surface area contributed by atoms with Crippen LogP contribution >= 0.6 is 0 Å². The van der Waals surface area contributed by atoms with Gasteiger partial charge in [0.05, 0.1) is 24.1 Å². The molecule has 0 aliphatic carbocycles. The molecule has 2 fully saturated rings. The van der Waals surface area contributed by atoms with Crippen LogP contribution in [0.25, 0.3) is 11.0 Å². The molecule has 3 amide bonds. The molecule has 0 radical (unpaired) electrons. The molecule has 10 atom stereocenters. The van der Waals surface area contributed by atoms with E-state index in [1.807, 2.05) is 0 Å². The van der Waals surface area contributed by atoms with E-state index < -0.39 is 91.4 Å². The molecule has 3 aromatic rings. The van der Waals surface area contributed by atoms with Gasteiger partial charge in [-0.15, -0.1) is 0 Å². The number of hydrogen-bond acceptors (Lipinski definition) is 16. The van der Waals surface area contributed by atoms with Crippen LogP contribution in [0.5, 0.6) is 5.75 Å². The fraction of sp³-hybridized carbons (Fsp3) is 0.559. The Labute approximate surface area is 309 Å². The molecule has 2 aliphatic heterocycles. The van der Waals surface area contributed by atoms with Gasteiger partial charge in [-0.25, -0.2) is 14.8 Å². The summed E-state index contributed by atoms with van der Waals surface area (Å²) in [5.41, 5.74) is 0.0989. The average Bonchev–Trinajstić information content (AvgIpc) is 3.57. The highest BCUT2D eigenvalue weighted by Gasteiger charge is 2.53. The molecule has 9 N–H and O–H groups in total.